The van der Waals surface area contributed by atoms with Gasteiger partial charge in [-0.25, -0.2) is 0 Å². The van der Waals surface area contributed by atoms with E-state index in [4.69, 9.17) is 10.00 Å². The summed E-state index contributed by atoms with van der Waals surface area (Å²) in [6.45, 7) is 4.83. The fraction of sp³-hybridized carbons (Fsp3) is 0.118. The molecular formula is C17H15BrN2O. The molecule has 0 atom stereocenters. The number of nitriles is 1. The predicted molar refractivity (Wildman–Crippen MR) is 88.3 cm³/mol. The third-order valence-electron chi connectivity index (χ3n) is 2.87. The number of rotatable bonds is 6. The van der Waals surface area contributed by atoms with Crippen LogP contribution in [0.15, 0.2) is 59.6 Å². The minimum absolute atomic E-state index is 0.510. The van der Waals surface area contributed by atoms with Gasteiger partial charge in [0.1, 0.15) is 12.4 Å². The lowest BCUT2D eigenvalue weighted by atomic mass is 10.2. The van der Waals surface area contributed by atoms with Crippen LogP contribution in [0.1, 0.15) is 11.1 Å². The summed E-state index contributed by atoms with van der Waals surface area (Å²) in [4.78, 5) is 0. The Kier molecular flexibility index (Phi) is 5.42. The third-order valence-corrected chi connectivity index (χ3v) is 3.53. The summed E-state index contributed by atoms with van der Waals surface area (Å²) in [5, 5.41) is 12.2. The van der Waals surface area contributed by atoms with Gasteiger partial charge in [-0.1, -0.05) is 24.8 Å². The van der Waals surface area contributed by atoms with Crippen molar-refractivity contribution in [3.63, 3.8) is 0 Å². The topological polar surface area (TPSA) is 45.0 Å². The Balaban J connectivity index is 1.96. The highest BCUT2D eigenvalue weighted by Crippen LogP contribution is 2.24. The normalized spacial score (nSPS) is 9.71. The van der Waals surface area contributed by atoms with Crippen LogP contribution in [0.3, 0.4) is 0 Å². The molecule has 0 saturated carbocycles. The van der Waals surface area contributed by atoms with Crippen LogP contribution in [0.5, 0.6) is 5.75 Å². The number of hydrogen-bond donors (Lipinski definition) is 1. The van der Waals surface area contributed by atoms with Gasteiger partial charge in [-0.05, 0) is 51.8 Å². The summed E-state index contributed by atoms with van der Waals surface area (Å²) < 4.78 is 6.32. The summed E-state index contributed by atoms with van der Waals surface area (Å²) in [6, 6.07) is 15.5. The molecule has 1 N–H and O–H groups in total. The zero-order valence-electron chi connectivity index (χ0n) is 11.5. The lowest BCUT2D eigenvalue weighted by Gasteiger charge is -2.10. The number of halogens is 1. The van der Waals surface area contributed by atoms with E-state index in [0.29, 0.717) is 18.7 Å². The number of nitrogens with zero attached hydrogens (tertiary/aromatic N) is 1. The molecule has 0 aromatic heterocycles. The van der Waals surface area contributed by atoms with Gasteiger partial charge in [-0.15, -0.1) is 0 Å². The van der Waals surface area contributed by atoms with Crippen molar-refractivity contribution >= 4 is 21.6 Å². The molecule has 2 aromatic rings. The molecule has 0 aliphatic carbocycles. The number of nitrogens with one attached hydrogen (secondary N) is 1. The summed E-state index contributed by atoms with van der Waals surface area (Å²) in [5.74, 6) is 0.832. The van der Waals surface area contributed by atoms with Gasteiger partial charge in [-0.2, -0.15) is 5.26 Å². The number of anilines is 1. The second kappa shape index (κ2) is 7.51. The third kappa shape index (κ3) is 4.37. The van der Waals surface area contributed by atoms with Gasteiger partial charge in [0.05, 0.1) is 11.6 Å². The van der Waals surface area contributed by atoms with E-state index in [1.165, 1.54) is 0 Å². The molecule has 0 bridgehead atoms. The molecule has 0 heterocycles. The van der Waals surface area contributed by atoms with E-state index in [0.717, 1.165) is 21.5 Å². The summed E-state index contributed by atoms with van der Waals surface area (Å²) in [6.07, 6.45) is 1.72. The summed E-state index contributed by atoms with van der Waals surface area (Å²) in [7, 11) is 0. The molecule has 106 valence electrons. The Hall–Kier alpha value is -2.25. The molecule has 0 aliphatic heterocycles. The number of ether oxygens (including phenoxy) is 1. The Morgan fingerprint density at radius 2 is 2.00 bits per heavy atom. The van der Waals surface area contributed by atoms with Crippen molar-refractivity contribution < 1.29 is 4.74 Å². The first-order valence-electron chi connectivity index (χ1n) is 6.49. The summed E-state index contributed by atoms with van der Waals surface area (Å²) in [5.41, 5.74) is 2.74. The Bertz CT molecular complexity index is 659. The standard InChI is InChI=1S/C17H15BrN2O/c1-2-9-21-15-6-3-13(4-7-15)12-20-17-8-5-14(11-19)10-16(17)18/h2-8,10,20H,1,9,12H2. The van der Waals surface area contributed by atoms with Crippen LogP contribution < -0.4 is 10.1 Å². The zero-order valence-corrected chi connectivity index (χ0v) is 13.1. The van der Waals surface area contributed by atoms with Crippen molar-refractivity contribution in [2.45, 2.75) is 6.54 Å². The van der Waals surface area contributed by atoms with Gasteiger partial charge in [0.25, 0.3) is 0 Å². The number of benzene rings is 2. The van der Waals surface area contributed by atoms with E-state index in [1.54, 1.807) is 18.2 Å². The highest BCUT2D eigenvalue weighted by atomic mass is 79.9. The zero-order chi connectivity index (χ0) is 15.1. The quantitative estimate of drug-likeness (QED) is 0.786. The first-order valence-corrected chi connectivity index (χ1v) is 7.28. The highest BCUT2D eigenvalue weighted by molar-refractivity contribution is 9.10. The molecule has 4 heteroatoms. The van der Waals surface area contributed by atoms with E-state index < -0.39 is 0 Å². The molecule has 2 rings (SSSR count). The maximum Gasteiger partial charge on any atom is 0.119 e. The number of hydrogen-bond acceptors (Lipinski definition) is 3. The monoisotopic (exact) mass is 342 g/mol. The Labute approximate surface area is 133 Å². The highest BCUT2D eigenvalue weighted by Gasteiger charge is 2.01. The maximum absolute atomic E-state index is 8.84. The lowest BCUT2D eigenvalue weighted by Crippen LogP contribution is -2.00. The Morgan fingerprint density at radius 3 is 2.62 bits per heavy atom. The molecule has 0 radical (unpaired) electrons. The van der Waals surface area contributed by atoms with Gasteiger partial charge in [0.15, 0.2) is 0 Å². The molecule has 3 nitrogen and oxygen atoms in total. The predicted octanol–water partition coefficient (Wildman–Crippen LogP) is 4.50. The van der Waals surface area contributed by atoms with Gasteiger partial charge < -0.3 is 10.1 Å². The maximum atomic E-state index is 8.84. The largest absolute Gasteiger partial charge is 0.490 e. The molecule has 0 spiro atoms. The van der Waals surface area contributed by atoms with E-state index >= 15 is 0 Å². The van der Waals surface area contributed by atoms with Crippen LogP contribution in [-0.2, 0) is 6.54 Å². The van der Waals surface area contributed by atoms with E-state index in [-0.39, 0.29) is 0 Å². The average molecular weight is 343 g/mol. The second-order valence-corrected chi connectivity index (χ2v) is 5.26. The van der Waals surface area contributed by atoms with Gasteiger partial charge in [0, 0.05) is 16.7 Å². The Morgan fingerprint density at radius 1 is 1.24 bits per heavy atom. The van der Waals surface area contributed by atoms with Crippen LogP contribution in [0.4, 0.5) is 5.69 Å². The van der Waals surface area contributed by atoms with Gasteiger partial charge >= 0.3 is 0 Å². The molecule has 0 fully saturated rings. The van der Waals surface area contributed by atoms with Crippen LogP contribution >= 0.6 is 15.9 Å². The van der Waals surface area contributed by atoms with E-state index in [2.05, 4.69) is 33.9 Å². The minimum atomic E-state index is 0.510. The molecular weight excluding hydrogens is 328 g/mol. The van der Waals surface area contributed by atoms with Gasteiger partial charge in [-0.3, -0.25) is 0 Å². The van der Waals surface area contributed by atoms with Crippen LogP contribution in [-0.4, -0.2) is 6.61 Å². The molecule has 0 unspecified atom stereocenters. The smallest absolute Gasteiger partial charge is 0.119 e. The lowest BCUT2D eigenvalue weighted by molar-refractivity contribution is 0.363. The summed E-state index contributed by atoms with van der Waals surface area (Å²) >= 11 is 3.46. The first-order chi connectivity index (χ1) is 10.2. The van der Waals surface area contributed by atoms with Gasteiger partial charge in [0.2, 0.25) is 0 Å². The molecule has 21 heavy (non-hydrogen) atoms. The van der Waals surface area contributed by atoms with E-state index in [1.807, 2.05) is 30.3 Å². The van der Waals surface area contributed by atoms with Crippen molar-refractivity contribution in [2.24, 2.45) is 0 Å². The first kappa shape index (κ1) is 15.1. The van der Waals surface area contributed by atoms with Crippen molar-refractivity contribution in [3.05, 3.63) is 70.7 Å². The molecule has 0 aliphatic rings. The molecule has 0 saturated heterocycles. The fourth-order valence-corrected chi connectivity index (χ4v) is 2.30. The molecule has 2 aromatic carbocycles. The SMILES string of the molecule is C=CCOc1ccc(CNc2ccc(C#N)cc2Br)cc1. The van der Waals surface area contributed by atoms with Crippen LogP contribution in [0.25, 0.3) is 0 Å². The fourth-order valence-electron chi connectivity index (χ4n) is 1.78. The van der Waals surface area contributed by atoms with Crippen molar-refractivity contribution in [1.82, 2.24) is 0 Å². The average Bonchev–Trinajstić information content (AvgIpc) is 2.52. The second-order valence-electron chi connectivity index (χ2n) is 4.40. The van der Waals surface area contributed by atoms with Crippen molar-refractivity contribution in [2.75, 3.05) is 11.9 Å². The van der Waals surface area contributed by atoms with E-state index in [9.17, 15) is 0 Å². The van der Waals surface area contributed by atoms with Crippen LogP contribution in [0.2, 0.25) is 0 Å². The van der Waals surface area contributed by atoms with Crippen molar-refractivity contribution in [3.8, 4) is 11.8 Å². The van der Waals surface area contributed by atoms with Crippen molar-refractivity contribution in [1.29, 1.82) is 5.26 Å². The van der Waals surface area contributed by atoms with Crippen LogP contribution in [0, 0.1) is 11.3 Å². The molecule has 0 amide bonds. The minimum Gasteiger partial charge on any atom is -0.490 e.